The molecule has 0 atom stereocenters. The lowest BCUT2D eigenvalue weighted by Gasteiger charge is -2.21. The molecule has 18 heavy (non-hydrogen) atoms. The quantitative estimate of drug-likeness (QED) is 0.810. The summed E-state index contributed by atoms with van der Waals surface area (Å²) in [5, 5.41) is 11.9. The Morgan fingerprint density at radius 2 is 2.17 bits per heavy atom. The van der Waals surface area contributed by atoms with E-state index in [1.165, 1.54) is 0 Å². The van der Waals surface area contributed by atoms with Crippen LogP contribution in [0.3, 0.4) is 0 Å². The second kappa shape index (κ2) is 7.01. The molecule has 0 radical (unpaired) electrons. The number of nitrogens with zero attached hydrogens (tertiary/aromatic N) is 1. The average molecular weight is 250 g/mol. The number of carbonyl (C=O) groups excluding carboxylic acids is 1. The summed E-state index contributed by atoms with van der Waals surface area (Å²) in [6.45, 7) is 5.29. The topological polar surface area (TPSA) is 52.6 Å². The third kappa shape index (κ3) is 3.47. The molecule has 0 unspecified atom stereocenters. The molecule has 0 spiro atoms. The summed E-state index contributed by atoms with van der Waals surface area (Å²) >= 11 is 0. The van der Waals surface area contributed by atoms with Crippen LogP contribution in [0.25, 0.3) is 0 Å². The van der Waals surface area contributed by atoms with E-state index < -0.39 is 0 Å². The molecule has 0 aliphatic heterocycles. The third-order valence-electron chi connectivity index (χ3n) is 3.00. The van der Waals surface area contributed by atoms with Gasteiger partial charge in [-0.3, -0.25) is 4.79 Å². The molecule has 1 aromatic carbocycles. The monoisotopic (exact) mass is 250 g/mol. The van der Waals surface area contributed by atoms with Gasteiger partial charge in [0.1, 0.15) is 0 Å². The predicted octanol–water partition coefficient (Wildman–Crippen LogP) is 1.88. The van der Waals surface area contributed by atoms with Crippen LogP contribution in [0.15, 0.2) is 18.2 Å². The van der Waals surface area contributed by atoms with Crippen molar-refractivity contribution in [3.63, 3.8) is 0 Å². The van der Waals surface area contributed by atoms with Gasteiger partial charge in [-0.15, -0.1) is 0 Å². The van der Waals surface area contributed by atoms with Crippen LogP contribution in [-0.4, -0.2) is 42.7 Å². The Kier molecular flexibility index (Phi) is 5.65. The van der Waals surface area contributed by atoms with E-state index in [0.29, 0.717) is 25.1 Å². The summed E-state index contributed by atoms with van der Waals surface area (Å²) in [4.78, 5) is 14.0. The first-order valence-electron chi connectivity index (χ1n) is 6.32. The van der Waals surface area contributed by atoms with Crippen LogP contribution in [0, 0.1) is 6.92 Å². The fraction of sp³-hybridized carbons (Fsp3) is 0.500. The zero-order valence-electron chi connectivity index (χ0n) is 11.4. The molecule has 0 aromatic heterocycles. The zero-order valence-corrected chi connectivity index (χ0v) is 11.4. The molecule has 2 N–H and O–H groups in total. The zero-order chi connectivity index (χ0) is 13.5. The molecule has 0 aliphatic carbocycles. The van der Waals surface area contributed by atoms with Crippen molar-refractivity contribution in [2.24, 2.45) is 0 Å². The second-order valence-electron chi connectivity index (χ2n) is 4.24. The normalized spacial score (nSPS) is 10.2. The van der Waals surface area contributed by atoms with Gasteiger partial charge >= 0.3 is 0 Å². The van der Waals surface area contributed by atoms with E-state index in [1.807, 2.05) is 39.1 Å². The van der Waals surface area contributed by atoms with Crippen LogP contribution in [0.1, 0.15) is 29.3 Å². The molecule has 1 aromatic rings. The average Bonchev–Trinajstić information content (AvgIpc) is 2.39. The van der Waals surface area contributed by atoms with Gasteiger partial charge in [0.15, 0.2) is 0 Å². The van der Waals surface area contributed by atoms with E-state index in [4.69, 9.17) is 5.11 Å². The van der Waals surface area contributed by atoms with Crippen molar-refractivity contribution in [2.45, 2.75) is 20.3 Å². The lowest BCUT2D eigenvalue weighted by molar-refractivity contribution is 0.0754. The number of benzene rings is 1. The number of nitrogens with one attached hydrogen (secondary N) is 1. The third-order valence-corrected chi connectivity index (χ3v) is 3.00. The molecule has 100 valence electrons. The van der Waals surface area contributed by atoms with Gasteiger partial charge in [0.25, 0.3) is 5.91 Å². The first-order chi connectivity index (χ1) is 8.63. The van der Waals surface area contributed by atoms with Gasteiger partial charge in [0, 0.05) is 38.0 Å². The number of rotatable bonds is 6. The van der Waals surface area contributed by atoms with Gasteiger partial charge in [0.2, 0.25) is 0 Å². The molecule has 4 nitrogen and oxygen atoms in total. The fourth-order valence-electron chi connectivity index (χ4n) is 1.92. The highest BCUT2D eigenvalue weighted by atomic mass is 16.3. The molecule has 0 heterocycles. The minimum Gasteiger partial charge on any atom is -0.396 e. The first-order valence-corrected chi connectivity index (χ1v) is 6.32. The highest BCUT2D eigenvalue weighted by Crippen LogP contribution is 2.17. The molecular weight excluding hydrogens is 228 g/mol. The number of aliphatic hydroxyl groups excluding tert-OH is 1. The van der Waals surface area contributed by atoms with Crippen molar-refractivity contribution in [1.82, 2.24) is 4.90 Å². The lowest BCUT2D eigenvalue weighted by Crippen LogP contribution is -2.32. The van der Waals surface area contributed by atoms with Crippen molar-refractivity contribution in [3.8, 4) is 0 Å². The Labute approximate surface area is 109 Å². The van der Waals surface area contributed by atoms with E-state index in [1.54, 1.807) is 4.90 Å². The van der Waals surface area contributed by atoms with E-state index >= 15 is 0 Å². The number of amides is 1. The van der Waals surface area contributed by atoms with Gasteiger partial charge in [-0.25, -0.2) is 0 Å². The minimum atomic E-state index is 0.0247. The van der Waals surface area contributed by atoms with Gasteiger partial charge in [-0.05, 0) is 44.0 Å². The number of aryl methyl sites for hydroxylation is 1. The summed E-state index contributed by atoms with van der Waals surface area (Å²) in [5.41, 5.74) is 2.79. The van der Waals surface area contributed by atoms with Gasteiger partial charge < -0.3 is 15.3 Å². The highest BCUT2D eigenvalue weighted by Gasteiger charge is 2.14. The molecule has 4 heteroatoms. The second-order valence-corrected chi connectivity index (χ2v) is 4.24. The first kappa shape index (κ1) is 14.5. The van der Waals surface area contributed by atoms with Crippen molar-refractivity contribution < 1.29 is 9.90 Å². The molecule has 0 bridgehead atoms. The van der Waals surface area contributed by atoms with Crippen molar-refractivity contribution >= 4 is 11.6 Å². The summed E-state index contributed by atoms with van der Waals surface area (Å²) < 4.78 is 0. The number of hydrogen-bond acceptors (Lipinski definition) is 3. The molecule has 0 aliphatic rings. The summed E-state index contributed by atoms with van der Waals surface area (Å²) in [5.74, 6) is 0.0247. The number of aliphatic hydroxyl groups is 1. The van der Waals surface area contributed by atoms with Crippen molar-refractivity contribution in [2.75, 3.05) is 32.1 Å². The van der Waals surface area contributed by atoms with Gasteiger partial charge in [-0.1, -0.05) is 0 Å². The van der Waals surface area contributed by atoms with Crippen molar-refractivity contribution in [1.29, 1.82) is 0 Å². The lowest BCUT2D eigenvalue weighted by atomic mass is 10.1. The standard InChI is InChI=1S/C14H22N2O2/c1-4-16(8-5-9-17)14(18)12-6-7-13(15-3)11(2)10-12/h6-7,10,15,17H,4-5,8-9H2,1-3H3. The summed E-state index contributed by atoms with van der Waals surface area (Å²) in [6, 6.07) is 5.65. The Morgan fingerprint density at radius 1 is 1.44 bits per heavy atom. The molecule has 0 fully saturated rings. The largest absolute Gasteiger partial charge is 0.396 e. The maximum absolute atomic E-state index is 12.3. The molecule has 0 saturated heterocycles. The Morgan fingerprint density at radius 3 is 2.67 bits per heavy atom. The van der Waals surface area contributed by atoms with Crippen LogP contribution in [0.4, 0.5) is 5.69 Å². The molecule has 1 amide bonds. The van der Waals surface area contributed by atoms with E-state index in [2.05, 4.69) is 5.32 Å². The number of anilines is 1. The highest BCUT2D eigenvalue weighted by molar-refractivity contribution is 5.94. The van der Waals surface area contributed by atoms with E-state index in [9.17, 15) is 4.79 Å². The van der Waals surface area contributed by atoms with Crippen LogP contribution in [0.2, 0.25) is 0 Å². The molecule has 1 rings (SSSR count). The SMILES string of the molecule is CCN(CCCO)C(=O)c1ccc(NC)c(C)c1. The smallest absolute Gasteiger partial charge is 0.253 e. The summed E-state index contributed by atoms with van der Waals surface area (Å²) in [7, 11) is 1.86. The minimum absolute atomic E-state index is 0.0247. The van der Waals surface area contributed by atoms with E-state index in [0.717, 1.165) is 11.3 Å². The Hall–Kier alpha value is -1.55. The number of hydrogen-bond donors (Lipinski definition) is 2. The maximum Gasteiger partial charge on any atom is 0.253 e. The van der Waals surface area contributed by atoms with Crippen LogP contribution >= 0.6 is 0 Å². The molecular formula is C14H22N2O2. The van der Waals surface area contributed by atoms with Gasteiger partial charge in [-0.2, -0.15) is 0 Å². The number of carbonyl (C=O) groups is 1. The van der Waals surface area contributed by atoms with Crippen LogP contribution in [-0.2, 0) is 0 Å². The van der Waals surface area contributed by atoms with Crippen molar-refractivity contribution in [3.05, 3.63) is 29.3 Å². The van der Waals surface area contributed by atoms with Crippen LogP contribution in [0.5, 0.6) is 0 Å². The Bertz CT molecular complexity index is 405. The molecule has 0 saturated carbocycles. The van der Waals surface area contributed by atoms with Crippen LogP contribution < -0.4 is 5.32 Å². The maximum atomic E-state index is 12.3. The fourth-order valence-corrected chi connectivity index (χ4v) is 1.92. The summed E-state index contributed by atoms with van der Waals surface area (Å²) in [6.07, 6.45) is 0.618. The predicted molar refractivity (Wildman–Crippen MR) is 74.0 cm³/mol. The Balaban J connectivity index is 2.84. The van der Waals surface area contributed by atoms with E-state index in [-0.39, 0.29) is 12.5 Å². The van der Waals surface area contributed by atoms with Gasteiger partial charge in [0.05, 0.1) is 0 Å².